The maximum atomic E-state index is 12.2. The standard InChI is InChI=1S/C11H13NO5S2/c1-7-6-19(16,17)5-4-12(7)10(13)8-2-3-9(18-8)11(14)15/h2-3,7H,4-6H2,1H3,(H,14,15). The lowest BCUT2D eigenvalue weighted by atomic mass is 10.3. The van der Waals surface area contributed by atoms with Crippen LogP contribution in [0.3, 0.4) is 0 Å². The van der Waals surface area contributed by atoms with Crippen molar-refractivity contribution in [3.8, 4) is 0 Å². The Morgan fingerprint density at radius 2 is 2.00 bits per heavy atom. The van der Waals surface area contributed by atoms with Crippen LogP contribution in [0.25, 0.3) is 0 Å². The van der Waals surface area contributed by atoms with Gasteiger partial charge in [0.1, 0.15) is 4.88 Å². The van der Waals surface area contributed by atoms with Crippen LogP contribution in [0.15, 0.2) is 12.1 Å². The quantitative estimate of drug-likeness (QED) is 0.868. The minimum absolute atomic E-state index is 0.0414. The lowest BCUT2D eigenvalue weighted by Crippen LogP contribution is -2.49. The fraction of sp³-hybridized carbons (Fsp3) is 0.455. The molecule has 1 amide bonds. The number of amides is 1. The van der Waals surface area contributed by atoms with Crippen LogP contribution in [-0.4, -0.2) is 54.4 Å². The van der Waals surface area contributed by atoms with Crippen LogP contribution in [0.5, 0.6) is 0 Å². The maximum Gasteiger partial charge on any atom is 0.345 e. The molecule has 1 aromatic heterocycles. The maximum absolute atomic E-state index is 12.2. The Balaban J connectivity index is 2.17. The molecule has 0 aromatic carbocycles. The van der Waals surface area contributed by atoms with Gasteiger partial charge in [0.05, 0.1) is 16.4 Å². The van der Waals surface area contributed by atoms with E-state index in [-0.39, 0.29) is 34.9 Å². The fourth-order valence-electron chi connectivity index (χ4n) is 2.01. The molecular weight excluding hydrogens is 290 g/mol. The van der Waals surface area contributed by atoms with Crippen molar-refractivity contribution in [1.29, 1.82) is 0 Å². The lowest BCUT2D eigenvalue weighted by molar-refractivity contribution is 0.0698. The summed E-state index contributed by atoms with van der Waals surface area (Å²) < 4.78 is 22.9. The van der Waals surface area contributed by atoms with E-state index in [0.717, 1.165) is 11.3 Å². The average Bonchev–Trinajstić information content (AvgIpc) is 2.76. The summed E-state index contributed by atoms with van der Waals surface area (Å²) >= 11 is 0.904. The summed E-state index contributed by atoms with van der Waals surface area (Å²) in [6, 6.07) is 2.46. The second-order valence-electron chi connectivity index (χ2n) is 4.43. The molecule has 8 heteroatoms. The minimum Gasteiger partial charge on any atom is -0.477 e. The molecule has 1 atom stereocenters. The monoisotopic (exact) mass is 303 g/mol. The number of carboxylic acids is 1. The van der Waals surface area contributed by atoms with Gasteiger partial charge in [0.2, 0.25) is 0 Å². The molecule has 2 rings (SSSR count). The summed E-state index contributed by atoms with van der Waals surface area (Å²) in [4.78, 5) is 24.9. The van der Waals surface area contributed by atoms with Crippen LogP contribution in [-0.2, 0) is 9.84 Å². The first kappa shape index (κ1) is 14.0. The van der Waals surface area contributed by atoms with Crippen molar-refractivity contribution in [3.05, 3.63) is 21.9 Å². The van der Waals surface area contributed by atoms with Crippen molar-refractivity contribution in [3.63, 3.8) is 0 Å². The van der Waals surface area contributed by atoms with E-state index in [2.05, 4.69) is 0 Å². The molecule has 2 heterocycles. The summed E-state index contributed by atoms with van der Waals surface area (Å²) in [7, 11) is -3.07. The molecule has 1 fully saturated rings. The molecular formula is C11H13NO5S2. The fourth-order valence-corrected chi connectivity index (χ4v) is 4.37. The number of hydrogen-bond donors (Lipinski definition) is 1. The molecule has 0 radical (unpaired) electrons. The molecule has 1 unspecified atom stereocenters. The van der Waals surface area contributed by atoms with Crippen molar-refractivity contribution in [2.24, 2.45) is 0 Å². The summed E-state index contributed by atoms with van der Waals surface area (Å²) in [6.07, 6.45) is 0. The Hall–Kier alpha value is -1.41. The summed E-state index contributed by atoms with van der Waals surface area (Å²) in [6.45, 7) is 1.84. The van der Waals surface area contributed by atoms with Gasteiger partial charge in [-0.1, -0.05) is 0 Å². The number of rotatable bonds is 2. The Morgan fingerprint density at radius 3 is 2.53 bits per heavy atom. The SMILES string of the molecule is CC1CS(=O)(=O)CCN1C(=O)c1ccc(C(=O)O)s1. The van der Waals surface area contributed by atoms with Crippen molar-refractivity contribution in [1.82, 2.24) is 4.90 Å². The summed E-state index contributed by atoms with van der Waals surface area (Å²) in [5.41, 5.74) is 0. The first-order valence-corrected chi connectivity index (χ1v) is 8.28. The third-order valence-electron chi connectivity index (χ3n) is 2.96. The van der Waals surface area contributed by atoms with Gasteiger partial charge in [0.15, 0.2) is 9.84 Å². The highest BCUT2D eigenvalue weighted by molar-refractivity contribution is 7.91. The lowest BCUT2D eigenvalue weighted by Gasteiger charge is -2.32. The molecule has 0 aliphatic carbocycles. The molecule has 0 saturated carbocycles. The highest BCUT2D eigenvalue weighted by atomic mass is 32.2. The summed E-state index contributed by atoms with van der Waals surface area (Å²) in [5, 5.41) is 8.82. The van der Waals surface area contributed by atoms with Crippen LogP contribution in [0, 0.1) is 0 Å². The Morgan fingerprint density at radius 1 is 1.37 bits per heavy atom. The first-order chi connectivity index (χ1) is 8.80. The van der Waals surface area contributed by atoms with Gasteiger partial charge >= 0.3 is 5.97 Å². The second kappa shape index (κ2) is 4.93. The zero-order chi connectivity index (χ0) is 14.2. The number of sulfone groups is 1. The largest absolute Gasteiger partial charge is 0.477 e. The average molecular weight is 303 g/mol. The zero-order valence-electron chi connectivity index (χ0n) is 10.2. The molecule has 1 N–H and O–H groups in total. The minimum atomic E-state index is -3.07. The van der Waals surface area contributed by atoms with Gasteiger partial charge in [0, 0.05) is 12.6 Å². The van der Waals surface area contributed by atoms with Crippen LogP contribution >= 0.6 is 11.3 Å². The van der Waals surface area contributed by atoms with Crippen molar-refractivity contribution >= 4 is 33.1 Å². The van der Waals surface area contributed by atoms with E-state index >= 15 is 0 Å². The molecule has 6 nitrogen and oxygen atoms in total. The van der Waals surface area contributed by atoms with Crippen LogP contribution in [0.4, 0.5) is 0 Å². The van der Waals surface area contributed by atoms with Crippen LogP contribution in [0.2, 0.25) is 0 Å². The number of nitrogens with zero attached hydrogens (tertiary/aromatic N) is 1. The predicted molar refractivity (Wildman–Crippen MR) is 70.4 cm³/mol. The van der Waals surface area contributed by atoms with Gasteiger partial charge in [-0.15, -0.1) is 11.3 Å². The Kier molecular flexibility index (Phi) is 3.64. The topological polar surface area (TPSA) is 91.8 Å². The number of carbonyl (C=O) groups is 2. The highest BCUT2D eigenvalue weighted by Crippen LogP contribution is 2.21. The smallest absolute Gasteiger partial charge is 0.345 e. The van der Waals surface area contributed by atoms with Crippen molar-refractivity contribution < 1.29 is 23.1 Å². The third kappa shape index (κ3) is 2.95. The van der Waals surface area contributed by atoms with Gasteiger partial charge < -0.3 is 10.0 Å². The summed E-state index contributed by atoms with van der Waals surface area (Å²) in [5.74, 6) is -1.46. The van der Waals surface area contributed by atoms with E-state index in [9.17, 15) is 18.0 Å². The van der Waals surface area contributed by atoms with E-state index in [4.69, 9.17) is 5.11 Å². The third-order valence-corrected chi connectivity index (χ3v) is 5.81. The molecule has 104 valence electrons. The number of thiophene rings is 1. The molecule has 19 heavy (non-hydrogen) atoms. The van der Waals surface area contributed by atoms with Gasteiger partial charge in [-0.05, 0) is 19.1 Å². The second-order valence-corrected chi connectivity index (χ2v) is 7.74. The molecule has 0 bridgehead atoms. The predicted octanol–water partition coefficient (Wildman–Crippen LogP) is 0.705. The van der Waals surface area contributed by atoms with E-state index in [1.165, 1.54) is 17.0 Å². The highest BCUT2D eigenvalue weighted by Gasteiger charge is 2.32. The van der Waals surface area contributed by atoms with E-state index in [1.54, 1.807) is 6.92 Å². The molecule has 1 aliphatic heterocycles. The van der Waals surface area contributed by atoms with E-state index < -0.39 is 15.8 Å². The van der Waals surface area contributed by atoms with Gasteiger partial charge in [-0.3, -0.25) is 4.79 Å². The number of aromatic carboxylic acids is 1. The zero-order valence-corrected chi connectivity index (χ0v) is 11.8. The molecule has 0 spiro atoms. The van der Waals surface area contributed by atoms with E-state index in [1.807, 2.05) is 0 Å². The molecule has 1 aromatic rings. The number of carbonyl (C=O) groups excluding carboxylic acids is 1. The number of carboxylic acid groups (broad SMARTS) is 1. The van der Waals surface area contributed by atoms with Gasteiger partial charge in [-0.2, -0.15) is 0 Å². The van der Waals surface area contributed by atoms with Crippen LogP contribution < -0.4 is 0 Å². The Labute approximate surface area is 114 Å². The van der Waals surface area contributed by atoms with E-state index in [0.29, 0.717) is 4.88 Å². The van der Waals surface area contributed by atoms with Gasteiger partial charge in [-0.25, -0.2) is 13.2 Å². The normalized spacial score (nSPS) is 22.2. The first-order valence-electron chi connectivity index (χ1n) is 5.65. The van der Waals surface area contributed by atoms with Crippen molar-refractivity contribution in [2.75, 3.05) is 18.1 Å². The molecule has 1 aliphatic rings. The number of hydrogen-bond acceptors (Lipinski definition) is 5. The Bertz CT molecular complexity index is 619. The van der Waals surface area contributed by atoms with Crippen LogP contribution in [0.1, 0.15) is 26.3 Å². The molecule has 1 saturated heterocycles. The van der Waals surface area contributed by atoms with Crippen molar-refractivity contribution in [2.45, 2.75) is 13.0 Å². The van der Waals surface area contributed by atoms with Gasteiger partial charge in [0.25, 0.3) is 5.91 Å².